The molecule has 2 aliphatic heterocycles. The van der Waals surface area contributed by atoms with Crippen LogP contribution >= 0.6 is 12.4 Å². The highest BCUT2D eigenvalue weighted by atomic mass is 35.5. The van der Waals surface area contributed by atoms with Gasteiger partial charge in [-0.3, -0.25) is 9.59 Å². The minimum absolute atomic E-state index is 0. The Morgan fingerprint density at radius 2 is 1.63 bits per heavy atom. The van der Waals surface area contributed by atoms with Crippen LogP contribution in [0.5, 0.6) is 0 Å². The Hall–Kier alpha value is -0.850. The molecule has 2 heterocycles. The van der Waals surface area contributed by atoms with Crippen LogP contribution in [0.4, 0.5) is 0 Å². The van der Waals surface area contributed by atoms with Crippen LogP contribution in [0.15, 0.2) is 0 Å². The van der Waals surface area contributed by atoms with Crippen LogP contribution in [0.25, 0.3) is 0 Å². The zero-order valence-corrected chi connectivity index (χ0v) is 17.5. The summed E-state index contributed by atoms with van der Waals surface area (Å²) in [5, 5.41) is 3.34. The average molecular weight is 402 g/mol. The molecule has 2 amide bonds. The first kappa shape index (κ1) is 22.4. The fraction of sp³-hybridized carbons (Fsp3) is 0.900. The van der Waals surface area contributed by atoms with Gasteiger partial charge in [0.15, 0.2) is 0 Å². The second kappa shape index (κ2) is 10.6. The minimum atomic E-state index is -0.380. The largest absolute Gasteiger partial charge is 0.384 e. The first-order valence-electron chi connectivity index (χ1n) is 10.4. The van der Waals surface area contributed by atoms with Crippen molar-refractivity contribution in [3.05, 3.63) is 0 Å². The molecule has 0 aromatic rings. The third-order valence-corrected chi connectivity index (χ3v) is 6.60. The molecule has 3 fully saturated rings. The van der Waals surface area contributed by atoms with Crippen LogP contribution in [0, 0.1) is 11.3 Å². The van der Waals surface area contributed by atoms with Gasteiger partial charge in [0.2, 0.25) is 11.8 Å². The van der Waals surface area contributed by atoms with Crippen molar-refractivity contribution >= 4 is 24.2 Å². The van der Waals surface area contributed by atoms with Crippen molar-refractivity contribution in [2.24, 2.45) is 11.3 Å². The van der Waals surface area contributed by atoms with E-state index >= 15 is 0 Å². The summed E-state index contributed by atoms with van der Waals surface area (Å²) >= 11 is 0. The first-order valence-corrected chi connectivity index (χ1v) is 10.4. The van der Waals surface area contributed by atoms with E-state index in [9.17, 15) is 9.59 Å². The van der Waals surface area contributed by atoms with Crippen molar-refractivity contribution in [1.82, 2.24) is 15.1 Å². The Bertz CT molecular complexity index is 477. The summed E-state index contributed by atoms with van der Waals surface area (Å²) in [5.41, 5.74) is -0.380. The molecule has 0 radical (unpaired) electrons. The maximum Gasteiger partial charge on any atom is 0.231 e. The molecule has 2 saturated heterocycles. The number of methoxy groups -OCH3 is 1. The van der Waals surface area contributed by atoms with Crippen LogP contribution in [0.3, 0.4) is 0 Å². The van der Waals surface area contributed by atoms with Crippen molar-refractivity contribution in [1.29, 1.82) is 0 Å². The van der Waals surface area contributed by atoms with Gasteiger partial charge in [-0.2, -0.15) is 0 Å². The van der Waals surface area contributed by atoms with Crippen molar-refractivity contribution < 1.29 is 14.3 Å². The summed E-state index contributed by atoms with van der Waals surface area (Å²) < 4.78 is 5.40. The molecule has 1 N–H and O–H groups in total. The number of nitrogens with one attached hydrogen (secondary N) is 1. The maximum atomic E-state index is 13.2. The molecular weight excluding hydrogens is 366 g/mol. The van der Waals surface area contributed by atoms with Gasteiger partial charge in [0.05, 0.1) is 12.0 Å². The molecular formula is C20H36ClN3O3. The molecule has 27 heavy (non-hydrogen) atoms. The number of nitrogens with zero attached hydrogens (tertiary/aromatic N) is 2. The number of hydrogen-bond donors (Lipinski definition) is 1. The highest BCUT2D eigenvalue weighted by Crippen LogP contribution is 2.32. The van der Waals surface area contributed by atoms with Crippen molar-refractivity contribution in [3.63, 3.8) is 0 Å². The van der Waals surface area contributed by atoms with E-state index in [-0.39, 0.29) is 29.6 Å². The second-order valence-electron chi connectivity index (χ2n) is 8.33. The molecule has 156 valence electrons. The van der Waals surface area contributed by atoms with Crippen LogP contribution in [-0.4, -0.2) is 74.6 Å². The standard InChI is InChI=1S/C20H35N3O3.ClH/c1-26-16-20(8-10-21-11-9-20)19(25)23-14-12-22(13-15-23)18(24)7-6-17-4-2-3-5-17;/h17,21H,2-16H2,1H3;1H. The molecule has 0 spiro atoms. The number of ether oxygens (including phenoxy) is 1. The van der Waals surface area contributed by atoms with Gasteiger partial charge in [-0.25, -0.2) is 0 Å². The predicted octanol–water partition coefficient (Wildman–Crippen LogP) is 2.07. The molecule has 1 saturated carbocycles. The van der Waals surface area contributed by atoms with Gasteiger partial charge in [0, 0.05) is 39.7 Å². The van der Waals surface area contributed by atoms with E-state index < -0.39 is 0 Å². The summed E-state index contributed by atoms with van der Waals surface area (Å²) in [6.45, 7) is 4.91. The Morgan fingerprint density at radius 1 is 1.04 bits per heavy atom. The van der Waals surface area contributed by atoms with Crippen molar-refractivity contribution in [3.8, 4) is 0 Å². The number of piperazine rings is 1. The molecule has 7 heteroatoms. The number of carbonyl (C=O) groups excluding carboxylic acids is 2. The summed E-state index contributed by atoms with van der Waals surface area (Å²) in [7, 11) is 1.68. The molecule has 0 aromatic carbocycles. The van der Waals surface area contributed by atoms with Crippen LogP contribution in [0.1, 0.15) is 51.4 Å². The zero-order chi connectivity index (χ0) is 18.4. The Kier molecular flexibility index (Phi) is 8.83. The van der Waals surface area contributed by atoms with E-state index in [1.165, 1.54) is 25.7 Å². The number of hydrogen-bond acceptors (Lipinski definition) is 4. The van der Waals surface area contributed by atoms with E-state index in [1.54, 1.807) is 7.11 Å². The third-order valence-electron chi connectivity index (χ3n) is 6.60. The lowest BCUT2D eigenvalue weighted by Crippen LogP contribution is -2.57. The monoisotopic (exact) mass is 401 g/mol. The normalized spacial score (nSPS) is 23.1. The lowest BCUT2D eigenvalue weighted by atomic mass is 9.78. The van der Waals surface area contributed by atoms with E-state index in [1.807, 2.05) is 9.80 Å². The molecule has 3 aliphatic rings. The summed E-state index contributed by atoms with van der Waals surface area (Å²) in [6.07, 6.45) is 8.65. The van der Waals surface area contributed by atoms with Crippen molar-refractivity contribution in [2.45, 2.75) is 51.4 Å². The molecule has 3 rings (SSSR count). The van der Waals surface area contributed by atoms with Crippen LogP contribution < -0.4 is 5.32 Å². The van der Waals surface area contributed by atoms with Gasteiger partial charge in [0.1, 0.15) is 0 Å². The number of carbonyl (C=O) groups is 2. The molecule has 1 aliphatic carbocycles. The van der Waals surface area contributed by atoms with E-state index in [4.69, 9.17) is 4.74 Å². The van der Waals surface area contributed by atoms with Gasteiger partial charge in [-0.1, -0.05) is 25.7 Å². The average Bonchev–Trinajstić information content (AvgIpc) is 3.20. The predicted molar refractivity (Wildman–Crippen MR) is 108 cm³/mol. The van der Waals surface area contributed by atoms with Crippen LogP contribution in [0.2, 0.25) is 0 Å². The summed E-state index contributed by atoms with van der Waals surface area (Å²) in [6, 6.07) is 0. The smallest absolute Gasteiger partial charge is 0.231 e. The van der Waals surface area contributed by atoms with Gasteiger partial charge in [-0.05, 0) is 38.3 Å². The van der Waals surface area contributed by atoms with Gasteiger partial charge in [-0.15, -0.1) is 12.4 Å². The summed E-state index contributed by atoms with van der Waals surface area (Å²) in [5.74, 6) is 1.26. The lowest BCUT2D eigenvalue weighted by Gasteiger charge is -2.42. The zero-order valence-electron chi connectivity index (χ0n) is 16.7. The molecule has 0 unspecified atom stereocenters. The lowest BCUT2D eigenvalue weighted by molar-refractivity contribution is -0.151. The maximum absolute atomic E-state index is 13.2. The fourth-order valence-electron chi connectivity index (χ4n) is 4.88. The molecule has 0 aromatic heterocycles. The number of amides is 2. The molecule has 6 nitrogen and oxygen atoms in total. The topological polar surface area (TPSA) is 61.9 Å². The molecule has 0 bridgehead atoms. The number of rotatable bonds is 6. The third kappa shape index (κ3) is 5.58. The Morgan fingerprint density at radius 3 is 2.22 bits per heavy atom. The Balaban J connectivity index is 0.00000261. The number of halogens is 1. The SMILES string of the molecule is COCC1(C(=O)N2CCN(C(=O)CCC3CCCC3)CC2)CCNCC1.Cl. The highest BCUT2D eigenvalue weighted by molar-refractivity contribution is 5.85. The quantitative estimate of drug-likeness (QED) is 0.740. The summed E-state index contributed by atoms with van der Waals surface area (Å²) in [4.78, 5) is 29.6. The molecule has 0 atom stereocenters. The highest BCUT2D eigenvalue weighted by Gasteiger charge is 2.43. The fourth-order valence-corrected chi connectivity index (χ4v) is 4.88. The van der Waals surface area contributed by atoms with Gasteiger partial charge >= 0.3 is 0 Å². The number of piperidine rings is 1. The van der Waals surface area contributed by atoms with Gasteiger partial charge < -0.3 is 19.9 Å². The van der Waals surface area contributed by atoms with Crippen LogP contribution in [-0.2, 0) is 14.3 Å². The second-order valence-corrected chi connectivity index (χ2v) is 8.33. The first-order chi connectivity index (χ1) is 12.6. The van der Waals surface area contributed by atoms with E-state index in [0.717, 1.165) is 38.3 Å². The Labute approximate surface area is 169 Å². The van der Waals surface area contributed by atoms with E-state index in [2.05, 4.69) is 5.32 Å². The van der Waals surface area contributed by atoms with Crippen molar-refractivity contribution in [2.75, 3.05) is 53.0 Å². The van der Waals surface area contributed by atoms with Gasteiger partial charge in [0.25, 0.3) is 0 Å². The minimum Gasteiger partial charge on any atom is -0.384 e. The van der Waals surface area contributed by atoms with E-state index in [0.29, 0.717) is 39.2 Å².